The number of hydrogen-bond donors (Lipinski definition) is 3. The van der Waals surface area contributed by atoms with Crippen LogP contribution in [0.1, 0.15) is 18.6 Å². The largest absolute Gasteiger partial charge is 0.387 e. The minimum Gasteiger partial charge on any atom is -0.387 e. The number of nitrogens with one attached hydrogen (secondary N) is 2. The van der Waals surface area contributed by atoms with Crippen molar-refractivity contribution in [2.75, 3.05) is 6.54 Å². The third-order valence-electron chi connectivity index (χ3n) is 3.21. The van der Waals surface area contributed by atoms with Gasteiger partial charge in [0.25, 0.3) is 0 Å². The van der Waals surface area contributed by atoms with E-state index in [9.17, 15) is 18.7 Å². The summed E-state index contributed by atoms with van der Waals surface area (Å²) in [6.07, 6.45) is 3.94. The first kappa shape index (κ1) is 16.9. The molecule has 23 heavy (non-hydrogen) atoms. The van der Waals surface area contributed by atoms with Crippen LogP contribution in [-0.2, 0) is 6.54 Å². The van der Waals surface area contributed by atoms with Crippen molar-refractivity contribution in [3.05, 3.63) is 54.1 Å². The van der Waals surface area contributed by atoms with Crippen LogP contribution in [0.3, 0.4) is 0 Å². The molecule has 6 nitrogen and oxygen atoms in total. The van der Waals surface area contributed by atoms with Gasteiger partial charge in [0.15, 0.2) is 11.6 Å². The second-order valence-corrected chi connectivity index (χ2v) is 5.20. The highest BCUT2D eigenvalue weighted by Gasteiger charge is 2.13. The van der Waals surface area contributed by atoms with E-state index in [0.717, 1.165) is 12.1 Å². The molecule has 0 unspecified atom stereocenters. The molecule has 0 fully saturated rings. The molecule has 2 rings (SSSR count). The van der Waals surface area contributed by atoms with Gasteiger partial charge in [-0.3, -0.25) is 0 Å². The van der Waals surface area contributed by atoms with Crippen molar-refractivity contribution in [1.29, 1.82) is 0 Å². The Balaban J connectivity index is 1.77. The number of urea groups is 1. The maximum absolute atomic E-state index is 13.1. The van der Waals surface area contributed by atoms with Crippen molar-refractivity contribution in [3.8, 4) is 0 Å². The van der Waals surface area contributed by atoms with E-state index in [1.165, 1.54) is 6.07 Å². The molecule has 1 aromatic carbocycles. The molecule has 0 spiro atoms. The summed E-state index contributed by atoms with van der Waals surface area (Å²) in [7, 11) is 0. The second kappa shape index (κ2) is 7.68. The highest BCUT2D eigenvalue weighted by atomic mass is 19.2. The van der Waals surface area contributed by atoms with Gasteiger partial charge in [-0.1, -0.05) is 6.07 Å². The molecule has 0 aliphatic heterocycles. The first-order chi connectivity index (χ1) is 11.0. The summed E-state index contributed by atoms with van der Waals surface area (Å²) in [4.78, 5) is 15.7. The van der Waals surface area contributed by atoms with Crippen LogP contribution in [-0.4, -0.2) is 33.3 Å². The summed E-state index contributed by atoms with van der Waals surface area (Å²) in [5, 5.41) is 15.1. The van der Waals surface area contributed by atoms with E-state index in [1.807, 2.05) is 11.5 Å². The Morgan fingerprint density at radius 3 is 2.83 bits per heavy atom. The number of imidazole rings is 1. The fourth-order valence-corrected chi connectivity index (χ4v) is 2.06. The number of nitrogens with zero attached hydrogens (tertiary/aromatic N) is 2. The zero-order chi connectivity index (χ0) is 16.8. The van der Waals surface area contributed by atoms with Crippen LogP contribution in [0.4, 0.5) is 13.6 Å². The maximum atomic E-state index is 13.1. The SMILES string of the molecule is C[C@@H](Cn1ccnc1)NC(=O)NC[C@@H](O)c1ccc(F)c(F)c1. The number of carbonyl (C=O) groups excluding carboxylic acids is 1. The molecule has 0 aliphatic carbocycles. The Morgan fingerprint density at radius 1 is 1.39 bits per heavy atom. The molecule has 0 saturated carbocycles. The van der Waals surface area contributed by atoms with Crippen LogP contribution >= 0.6 is 0 Å². The number of aliphatic hydroxyl groups is 1. The molecule has 8 heteroatoms. The first-order valence-corrected chi connectivity index (χ1v) is 7.09. The minimum atomic E-state index is -1.13. The number of halogens is 2. The smallest absolute Gasteiger partial charge is 0.315 e. The van der Waals surface area contributed by atoms with Gasteiger partial charge < -0.3 is 20.3 Å². The van der Waals surface area contributed by atoms with Gasteiger partial charge in [0.05, 0.1) is 12.4 Å². The van der Waals surface area contributed by atoms with Gasteiger partial charge in [0.1, 0.15) is 0 Å². The fourth-order valence-electron chi connectivity index (χ4n) is 2.06. The monoisotopic (exact) mass is 324 g/mol. The second-order valence-electron chi connectivity index (χ2n) is 5.20. The molecule has 3 N–H and O–H groups in total. The van der Waals surface area contributed by atoms with Crippen LogP contribution in [0.5, 0.6) is 0 Å². The van der Waals surface area contributed by atoms with Crippen molar-refractivity contribution in [2.45, 2.75) is 25.6 Å². The zero-order valence-electron chi connectivity index (χ0n) is 12.5. The molecule has 2 atom stereocenters. The summed E-state index contributed by atoms with van der Waals surface area (Å²) in [6, 6.07) is 2.50. The quantitative estimate of drug-likeness (QED) is 0.755. The molecule has 2 aromatic rings. The van der Waals surface area contributed by atoms with Gasteiger partial charge in [-0.25, -0.2) is 18.6 Å². The van der Waals surface area contributed by atoms with Gasteiger partial charge in [-0.2, -0.15) is 0 Å². The molecule has 0 bridgehead atoms. The first-order valence-electron chi connectivity index (χ1n) is 7.09. The van der Waals surface area contributed by atoms with Crippen molar-refractivity contribution in [2.24, 2.45) is 0 Å². The number of benzene rings is 1. The summed E-state index contributed by atoms with van der Waals surface area (Å²) in [5.74, 6) is -2.03. The standard InChI is InChI=1S/C15H18F2N4O2/c1-10(8-21-5-4-18-9-21)20-15(23)19-7-14(22)11-2-3-12(16)13(17)6-11/h2-6,9-10,14,22H,7-8H2,1H3,(H2,19,20,23)/t10-,14+/m0/s1. The number of aliphatic hydroxyl groups excluding tert-OH is 1. The Labute approximate surface area is 132 Å². The molecule has 0 saturated heterocycles. The van der Waals surface area contributed by atoms with E-state index in [4.69, 9.17) is 0 Å². The molecular weight excluding hydrogens is 306 g/mol. The van der Waals surface area contributed by atoms with Gasteiger partial charge in [-0.05, 0) is 24.6 Å². The third kappa shape index (κ3) is 5.03. The molecule has 124 valence electrons. The average molecular weight is 324 g/mol. The van der Waals surface area contributed by atoms with Crippen molar-refractivity contribution in [1.82, 2.24) is 20.2 Å². The number of amides is 2. The lowest BCUT2D eigenvalue weighted by molar-refractivity contribution is 0.172. The van der Waals surface area contributed by atoms with Gasteiger partial charge in [0.2, 0.25) is 0 Å². The predicted molar refractivity (Wildman–Crippen MR) is 79.5 cm³/mol. The summed E-state index contributed by atoms with van der Waals surface area (Å²) in [5.41, 5.74) is 0.190. The van der Waals surface area contributed by atoms with Crippen molar-refractivity contribution in [3.63, 3.8) is 0 Å². The molecule has 2 amide bonds. The highest BCUT2D eigenvalue weighted by molar-refractivity contribution is 5.74. The van der Waals surface area contributed by atoms with E-state index in [-0.39, 0.29) is 18.2 Å². The molecule has 0 radical (unpaired) electrons. The van der Waals surface area contributed by atoms with Crippen LogP contribution in [0, 0.1) is 11.6 Å². The normalized spacial score (nSPS) is 13.4. The number of carbonyl (C=O) groups is 1. The van der Waals surface area contributed by atoms with Gasteiger partial charge >= 0.3 is 6.03 Å². The number of aromatic nitrogens is 2. The van der Waals surface area contributed by atoms with E-state index in [1.54, 1.807) is 18.7 Å². The Hall–Kier alpha value is -2.48. The lowest BCUT2D eigenvalue weighted by Gasteiger charge is -2.17. The molecule has 0 aliphatic rings. The minimum absolute atomic E-state index is 0.116. The van der Waals surface area contributed by atoms with Crippen LogP contribution in [0.2, 0.25) is 0 Å². The van der Waals surface area contributed by atoms with Crippen LogP contribution in [0.15, 0.2) is 36.9 Å². The predicted octanol–water partition coefficient (Wildman–Crippen LogP) is 1.58. The number of hydrogen-bond acceptors (Lipinski definition) is 3. The summed E-state index contributed by atoms with van der Waals surface area (Å²) in [6.45, 7) is 2.26. The Morgan fingerprint density at radius 2 is 2.17 bits per heavy atom. The Kier molecular flexibility index (Phi) is 5.64. The van der Waals surface area contributed by atoms with E-state index >= 15 is 0 Å². The van der Waals surface area contributed by atoms with E-state index < -0.39 is 23.8 Å². The molecule has 1 heterocycles. The summed E-state index contributed by atoms with van der Waals surface area (Å²) < 4.78 is 27.8. The Bertz CT molecular complexity index is 649. The van der Waals surface area contributed by atoms with Crippen LogP contribution < -0.4 is 10.6 Å². The summed E-state index contributed by atoms with van der Waals surface area (Å²) >= 11 is 0. The van der Waals surface area contributed by atoms with Crippen molar-refractivity contribution >= 4 is 6.03 Å². The number of rotatable bonds is 6. The fraction of sp³-hybridized carbons (Fsp3) is 0.333. The topological polar surface area (TPSA) is 79.2 Å². The molecular formula is C15H18F2N4O2. The van der Waals surface area contributed by atoms with Gasteiger partial charge in [-0.15, -0.1) is 0 Å². The average Bonchev–Trinajstić information content (AvgIpc) is 3.00. The van der Waals surface area contributed by atoms with E-state index in [2.05, 4.69) is 15.6 Å². The van der Waals surface area contributed by atoms with Gasteiger partial charge in [0, 0.05) is 31.5 Å². The lowest BCUT2D eigenvalue weighted by atomic mass is 10.1. The van der Waals surface area contributed by atoms with Crippen LogP contribution in [0.25, 0.3) is 0 Å². The zero-order valence-corrected chi connectivity index (χ0v) is 12.5. The lowest BCUT2D eigenvalue weighted by Crippen LogP contribution is -2.43. The van der Waals surface area contributed by atoms with Crippen molar-refractivity contribution < 1.29 is 18.7 Å². The highest BCUT2D eigenvalue weighted by Crippen LogP contribution is 2.15. The third-order valence-corrected chi connectivity index (χ3v) is 3.21. The van der Waals surface area contributed by atoms with E-state index in [0.29, 0.717) is 6.54 Å². The maximum Gasteiger partial charge on any atom is 0.315 e. The molecule has 1 aromatic heterocycles.